The molecule has 2 rings (SSSR count). The van der Waals surface area contributed by atoms with Crippen LogP contribution in [-0.2, 0) is 4.74 Å². The van der Waals surface area contributed by atoms with Gasteiger partial charge in [-0.3, -0.25) is 0 Å². The highest BCUT2D eigenvalue weighted by molar-refractivity contribution is 7.03. The minimum absolute atomic E-state index is 0.331. The summed E-state index contributed by atoms with van der Waals surface area (Å²) >= 11 is 1.23. The van der Waals surface area contributed by atoms with Crippen molar-refractivity contribution in [1.29, 1.82) is 0 Å². The second-order valence-electron chi connectivity index (χ2n) is 3.09. The van der Waals surface area contributed by atoms with Crippen LogP contribution in [0, 0.1) is 6.92 Å². The summed E-state index contributed by atoms with van der Waals surface area (Å²) in [5.74, 6) is 0.234. The van der Waals surface area contributed by atoms with E-state index in [-0.39, 0.29) is 0 Å². The van der Waals surface area contributed by atoms with E-state index in [1.807, 2.05) is 0 Å². The van der Waals surface area contributed by atoms with Gasteiger partial charge < -0.3 is 9.15 Å². The Morgan fingerprint density at radius 3 is 3.06 bits per heavy atom. The Morgan fingerprint density at radius 2 is 2.44 bits per heavy atom. The van der Waals surface area contributed by atoms with E-state index in [1.54, 1.807) is 19.2 Å². The zero-order valence-corrected chi connectivity index (χ0v) is 9.71. The van der Waals surface area contributed by atoms with Gasteiger partial charge in [0.05, 0.1) is 12.2 Å². The predicted molar refractivity (Wildman–Crippen MR) is 58.3 cm³/mol. The van der Waals surface area contributed by atoms with Crippen LogP contribution >= 0.6 is 11.5 Å². The third-order valence-electron chi connectivity index (χ3n) is 2.09. The number of aryl methyl sites for hydroxylation is 1. The third-order valence-corrected chi connectivity index (χ3v) is 2.59. The first-order chi connectivity index (χ1) is 7.74. The number of ether oxygens (including phenoxy) is 1. The largest absolute Gasteiger partial charge is 0.468 e. The Kier molecular flexibility index (Phi) is 3.00. The zero-order chi connectivity index (χ0) is 11.5. The molecule has 0 spiro atoms. The van der Waals surface area contributed by atoms with Crippen molar-refractivity contribution in [3.63, 3.8) is 0 Å². The molecule has 0 atom stereocenters. The van der Waals surface area contributed by atoms with Crippen molar-refractivity contribution in [2.75, 3.05) is 6.61 Å². The molecule has 2 aromatic rings. The van der Waals surface area contributed by atoms with Crippen LogP contribution < -0.4 is 0 Å². The fourth-order valence-electron chi connectivity index (χ4n) is 1.41. The van der Waals surface area contributed by atoms with E-state index in [0.29, 0.717) is 29.2 Å². The average molecular weight is 238 g/mol. The summed E-state index contributed by atoms with van der Waals surface area (Å²) in [5.41, 5.74) is 1.69. The lowest BCUT2D eigenvalue weighted by Crippen LogP contribution is -2.04. The lowest BCUT2D eigenvalue weighted by molar-refractivity contribution is 0.0526. The number of hydrogen-bond donors (Lipinski definition) is 0. The Labute approximate surface area is 96.2 Å². The van der Waals surface area contributed by atoms with Gasteiger partial charge in [-0.1, -0.05) is 4.49 Å². The molecule has 0 radical (unpaired) electrons. The molecule has 0 aliphatic heterocycles. The summed E-state index contributed by atoms with van der Waals surface area (Å²) < 4.78 is 13.9. The van der Waals surface area contributed by atoms with Crippen LogP contribution in [0.2, 0.25) is 0 Å². The lowest BCUT2D eigenvalue weighted by Gasteiger charge is -2.00. The van der Waals surface area contributed by atoms with Gasteiger partial charge in [0.25, 0.3) is 0 Å². The van der Waals surface area contributed by atoms with Gasteiger partial charge in [-0.25, -0.2) is 4.79 Å². The van der Waals surface area contributed by atoms with E-state index in [4.69, 9.17) is 9.15 Å². The summed E-state index contributed by atoms with van der Waals surface area (Å²) in [7, 11) is 0. The minimum Gasteiger partial charge on any atom is -0.468 e. The number of aromatic nitrogens is 2. The van der Waals surface area contributed by atoms with Gasteiger partial charge >= 0.3 is 5.97 Å². The highest BCUT2D eigenvalue weighted by atomic mass is 32.1. The summed E-state index contributed by atoms with van der Waals surface area (Å²) in [6, 6.07) is 0. The fraction of sp³-hybridized carbons (Fsp3) is 0.300. The quantitative estimate of drug-likeness (QED) is 0.767. The molecule has 2 aromatic heterocycles. The highest BCUT2D eigenvalue weighted by Crippen LogP contribution is 2.28. The second-order valence-corrected chi connectivity index (χ2v) is 3.70. The molecular formula is C10H10N2O3S. The first kappa shape index (κ1) is 10.8. The molecular weight excluding hydrogens is 228 g/mol. The number of nitrogens with zero attached hydrogens (tertiary/aromatic N) is 2. The van der Waals surface area contributed by atoms with Gasteiger partial charge in [-0.2, -0.15) is 0 Å². The molecule has 5 nitrogen and oxygen atoms in total. The van der Waals surface area contributed by atoms with Crippen molar-refractivity contribution >= 4 is 17.5 Å². The van der Waals surface area contributed by atoms with Gasteiger partial charge in [0.2, 0.25) is 0 Å². The van der Waals surface area contributed by atoms with Crippen molar-refractivity contribution < 1.29 is 13.9 Å². The van der Waals surface area contributed by atoms with E-state index in [0.717, 1.165) is 0 Å². The van der Waals surface area contributed by atoms with Crippen LogP contribution in [0.25, 0.3) is 11.3 Å². The number of hydrogen-bond acceptors (Lipinski definition) is 6. The highest BCUT2D eigenvalue weighted by Gasteiger charge is 2.21. The normalized spacial score (nSPS) is 10.4. The standard InChI is InChI=1S/C10H10N2O3S/c1-3-14-10(13)7-4-15-6(2)9(7)8-5-16-12-11-8/h4-5H,3H2,1-2H3. The van der Waals surface area contributed by atoms with Gasteiger partial charge in [-0.15, -0.1) is 5.10 Å². The molecule has 0 unspecified atom stereocenters. The van der Waals surface area contributed by atoms with Crippen LogP contribution in [0.15, 0.2) is 16.1 Å². The monoisotopic (exact) mass is 238 g/mol. The Hall–Kier alpha value is -1.69. The van der Waals surface area contributed by atoms with Crippen LogP contribution in [0.4, 0.5) is 0 Å². The number of esters is 1. The maximum Gasteiger partial charge on any atom is 0.342 e. The van der Waals surface area contributed by atoms with E-state index < -0.39 is 5.97 Å². The zero-order valence-electron chi connectivity index (χ0n) is 8.89. The molecule has 0 aromatic carbocycles. The maximum absolute atomic E-state index is 11.6. The number of rotatable bonds is 3. The summed E-state index contributed by atoms with van der Waals surface area (Å²) in [4.78, 5) is 11.6. The summed E-state index contributed by atoms with van der Waals surface area (Å²) in [6.07, 6.45) is 1.39. The maximum atomic E-state index is 11.6. The molecule has 0 aliphatic carbocycles. The molecule has 0 amide bonds. The molecule has 0 fully saturated rings. The van der Waals surface area contributed by atoms with Crippen molar-refractivity contribution in [3.8, 4) is 11.3 Å². The van der Waals surface area contributed by atoms with Crippen LogP contribution in [0.5, 0.6) is 0 Å². The minimum atomic E-state index is -0.401. The van der Waals surface area contributed by atoms with Crippen molar-refractivity contribution in [1.82, 2.24) is 9.59 Å². The summed E-state index contributed by atoms with van der Waals surface area (Å²) in [5, 5.41) is 5.69. The predicted octanol–water partition coefficient (Wildman–Crippen LogP) is 2.28. The number of carbonyl (C=O) groups excluding carboxylic acids is 1. The first-order valence-corrected chi connectivity index (χ1v) is 5.60. The van der Waals surface area contributed by atoms with E-state index >= 15 is 0 Å². The molecule has 0 bridgehead atoms. The first-order valence-electron chi connectivity index (χ1n) is 4.76. The van der Waals surface area contributed by atoms with Gasteiger partial charge in [0.1, 0.15) is 23.3 Å². The van der Waals surface area contributed by atoms with Crippen molar-refractivity contribution in [2.24, 2.45) is 0 Å². The van der Waals surface area contributed by atoms with E-state index in [1.165, 1.54) is 17.8 Å². The topological polar surface area (TPSA) is 65.2 Å². The van der Waals surface area contributed by atoms with Gasteiger partial charge in [0, 0.05) is 5.38 Å². The molecule has 0 saturated carbocycles. The molecule has 6 heteroatoms. The second kappa shape index (κ2) is 4.44. The van der Waals surface area contributed by atoms with Gasteiger partial charge in [-0.05, 0) is 25.4 Å². The molecule has 2 heterocycles. The van der Waals surface area contributed by atoms with E-state index in [9.17, 15) is 4.79 Å². The lowest BCUT2D eigenvalue weighted by atomic mass is 10.1. The Bertz CT molecular complexity index is 490. The van der Waals surface area contributed by atoms with Gasteiger partial charge in [0.15, 0.2) is 0 Å². The SMILES string of the molecule is CCOC(=O)c1coc(C)c1-c1csnn1. The van der Waals surface area contributed by atoms with Crippen LogP contribution in [0.3, 0.4) is 0 Å². The van der Waals surface area contributed by atoms with Crippen molar-refractivity contribution in [3.05, 3.63) is 23.0 Å². The third kappa shape index (κ3) is 1.83. The van der Waals surface area contributed by atoms with Crippen LogP contribution in [0.1, 0.15) is 23.0 Å². The molecule has 0 N–H and O–H groups in total. The molecule has 0 saturated heterocycles. The molecule has 84 valence electrons. The summed E-state index contributed by atoms with van der Waals surface area (Å²) in [6.45, 7) is 3.87. The fourth-order valence-corrected chi connectivity index (χ4v) is 1.85. The average Bonchev–Trinajstić information content (AvgIpc) is 2.86. The van der Waals surface area contributed by atoms with Crippen LogP contribution in [-0.4, -0.2) is 22.2 Å². The smallest absolute Gasteiger partial charge is 0.342 e. The Morgan fingerprint density at radius 1 is 1.62 bits per heavy atom. The number of carbonyl (C=O) groups is 1. The number of furan rings is 1. The molecule has 16 heavy (non-hydrogen) atoms. The molecule has 0 aliphatic rings. The Balaban J connectivity index is 2.44. The van der Waals surface area contributed by atoms with Crippen molar-refractivity contribution in [2.45, 2.75) is 13.8 Å². The van der Waals surface area contributed by atoms with E-state index in [2.05, 4.69) is 9.59 Å².